The minimum atomic E-state index is -0.0753. The maximum atomic E-state index is 6.78. The van der Waals surface area contributed by atoms with Gasteiger partial charge in [-0.2, -0.15) is 0 Å². The van der Waals surface area contributed by atoms with Crippen molar-refractivity contribution in [1.29, 1.82) is 0 Å². The molecule has 0 radical (unpaired) electrons. The highest BCUT2D eigenvalue weighted by Gasteiger charge is 2.45. The molecule has 0 amide bonds. The molecular weight excluding hydrogens is 1110 g/mol. The zero-order chi connectivity index (χ0) is 61.5. The number of allylic oxidation sites excluding steroid dienone is 20. The molecule has 0 aromatic heterocycles. The molecule has 0 spiro atoms. The van der Waals surface area contributed by atoms with Crippen molar-refractivity contribution in [2.45, 2.75) is 187 Å². The topological polar surface area (TPSA) is 18.5 Å². The fraction of sp³-hybridized carbons (Fsp3) is 0.378. The monoisotopic (exact) mass is 1210 g/mol. The highest BCUT2D eigenvalue weighted by molar-refractivity contribution is 5.99. The zero-order valence-electron chi connectivity index (χ0n) is 55.2. The number of rotatable bonds is 24. The highest BCUT2D eigenvalue weighted by Crippen LogP contribution is 2.59. The van der Waals surface area contributed by atoms with Gasteiger partial charge in [-0.15, -0.1) is 0 Å². The van der Waals surface area contributed by atoms with E-state index in [4.69, 9.17) is 9.47 Å². The second-order valence-corrected chi connectivity index (χ2v) is 29.0. The molecule has 466 valence electrons. The minimum absolute atomic E-state index is 0.0753. The van der Waals surface area contributed by atoms with Crippen molar-refractivity contribution in [3.63, 3.8) is 0 Å². The number of ether oxygens (including phenoxy) is 2. The molecule has 0 heterocycles. The summed E-state index contributed by atoms with van der Waals surface area (Å²) in [5, 5.41) is 0. The van der Waals surface area contributed by atoms with Crippen LogP contribution in [-0.2, 0) is 9.47 Å². The summed E-state index contributed by atoms with van der Waals surface area (Å²) in [4.78, 5) is 0. The van der Waals surface area contributed by atoms with Gasteiger partial charge in [-0.25, -0.2) is 0 Å². The first kappa shape index (κ1) is 59.6. The fourth-order valence-electron chi connectivity index (χ4n) is 18.8. The molecule has 0 aliphatic heterocycles. The summed E-state index contributed by atoms with van der Waals surface area (Å²) in [6.45, 7) is 7.79. The molecule has 10 aliphatic rings. The summed E-state index contributed by atoms with van der Waals surface area (Å²) >= 11 is 0. The second kappa shape index (κ2) is 26.2. The molecule has 6 aromatic carbocycles. The Kier molecular flexibility index (Phi) is 17.0. The summed E-state index contributed by atoms with van der Waals surface area (Å²) in [7, 11) is 0. The largest absolute Gasteiger partial charge is 0.381 e. The van der Waals surface area contributed by atoms with Crippen LogP contribution in [0.1, 0.15) is 243 Å². The number of unbranched alkanes of at least 4 members (excludes halogenated alkanes) is 6. The minimum Gasteiger partial charge on any atom is -0.381 e. The van der Waals surface area contributed by atoms with Gasteiger partial charge in [-0.05, 0) is 302 Å². The van der Waals surface area contributed by atoms with Crippen molar-refractivity contribution >= 4 is 55.7 Å². The van der Waals surface area contributed by atoms with Gasteiger partial charge in [-0.3, -0.25) is 0 Å². The first-order chi connectivity index (χ1) is 45.5. The van der Waals surface area contributed by atoms with E-state index in [1.807, 2.05) is 0 Å². The van der Waals surface area contributed by atoms with Crippen LogP contribution >= 0.6 is 0 Å². The summed E-state index contributed by atoms with van der Waals surface area (Å²) in [6, 6.07) is 62.0. The lowest BCUT2D eigenvalue weighted by atomic mass is 9.84. The van der Waals surface area contributed by atoms with Gasteiger partial charge in [-0.1, -0.05) is 210 Å². The number of hydrogen-bond donors (Lipinski definition) is 0. The lowest BCUT2D eigenvalue weighted by molar-refractivity contribution is -0.0174. The Morgan fingerprint density at radius 2 is 0.457 bits per heavy atom. The third-order valence-electron chi connectivity index (χ3n) is 23.4. The van der Waals surface area contributed by atoms with Crippen LogP contribution in [0, 0.1) is 5.41 Å². The van der Waals surface area contributed by atoms with Crippen molar-refractivity contribution in [1.82, 2.24) is 0 Å². The molecule has 0 bridgehead atoms. The van der Waals surface area contributed by atoms with Gasteiger partial charge in [0.15, 0.2) is 0 Å². The van der Waals surface area contributed by atoms with Crippen molar-refractivity contribution in [2.75, 3.05) is 26.4 Å². The Bertz CT molecular complexity index is 3900. The molecular formula is C90H94O2. The molecule has 6 aromatic rings. The van der Waals surface area contributed by atoms with Crippen LogP contribution in [0.2, 0.25) is 0 Å². The van der Waals surface area contributed by atoms with Gasteiger partial charge < -0.3 is 9.47 Å². The van der Waals surface area contributed by atoms with Gasteiger partial charge in [0.05, 0.1) is 13.2 Å². The van der Waals surface area contributed by atoms with Crippen LogP contribution in [-0.4, -0.2) is 26.4 Å². The van der Waals surface area contributed by atoms with Crippen LogP contribution in [0.4, 0.5) is 0 Å². The molecule has 10 aliphatic carbocycles. The third kappa shape index (κ3) is 11.3. The fourth-order valence-corrected chi connectivity index (χ4v) is 18.8. The highest BCUT2D eigenvalue weighted by atomic mass is 16.5. The maximum Gasteiger partial charge on any atom is 0.0550 e. The Morgan fingerprint density at radius 1 is 0.239 bits per heavy atom. The average Bonchev–Trinajstić information content (AvgIpc) is 1.61. The Balaban J connectivity index is 0.653. The smallest absolute Gasteiger partial charge is 0.0550 e. The van der Waals surface area contributed by atoms with Crippen LogP contribution in [0.5, 0.6) is 0 Å². The van der Waals surface area contributed by atoms with E-state index in [0.717, 1.165) is 84.2 Å². The van der Waals surface area contributed by atoms with Gasteiger partial charge in [0.25, 0.3) is 0 Å². The Morgan fingerprint density at radius 3 is 0.685 bits per heavy atom. The molecule has 92 heavy (non-hydrogen) atoms. The summed E-state index contributed by atoms with van der Waals surface area (Å²) < 4.78 is 13.6. The molecule has 0 N–H and O–H groups in total. The Hall–Kier alpha value is -7.36. The van der Waals surface area contributed by atoms with E-state index in [1.54, 1.807) is 100 Å². The summed E-state index contributed by atoms with van der Waals surface area (Å²) in [6.07, 6.45) is 31.7. The lowest BCUT2D eigenvalue weighted by Crippen LogP contribution is -2.30. The quantitative estimate of drug-likeness (QED) is 0.0562. The van der Waals surface area contributed by atoms with Gasteiger partial charge in [0.1, 0.15) is 0 Å². The van der Waals surface area contributed by atoms with E-state index in [9.17, 15) is 0 Å². The maximum absolute atomic E-state index is 6.78. The van der Waals surface area contributed by atoms with E-state index in [-0.39, 0.29) is 5.41 Å². The standard InChI is InChI=1S/C90H94O2/c1-3-5-7-15-49-91-58-90(59-92-50-16-8-6-4-2)56-88-86(68-45-41-66(42-46-68)84-53-82(74-29-19-31-76(74)84)64-37-33-62(34-38-64)80-51-78(60-21-11-9-12-22-60)70-25-17-27-72(70)80)55-87(89(88)57-90)69-47-43-67(44-48-69)85-54-83(75-30-20-32-77(75)85)65-39-35-63(36-40-65)81-52-79(61-23-13-10-14-24-61)71-26-18-28-73(71)81/h9-14,21-24,33-48H,3-8,15-20,25-32,49-59H2,1-2H3. The van der Waals surface area contributed by atoms with Crippen molar-refractivity contribution in [3.05, 3.63) is 269 Å². The molecule has 16 rings (SSSR count). The normalized spacial score (nSPS) is 19.9. The molecule has 2 nitrogen and oxygen atoms in total. The van der Waals surface area contributed by atoms with E-state index in [0.29, 0.717) is 0 Å². The predicted molar refractivity (Wildman–Crippen MR) is 388 cm³/mol. The van der Waals surface area contributed by atoms with Gasteiger partial charge in [0, 0.05) is 18.6 Å². The first-order valence-corrected chi connectivity index (χ1v) is 36.4. The number of benzene rings is 6. The van der Waals surface area contributed by atoms with Crippen LogP contribution in [0.3, 0.4) is 0 Å². The molecule has 5 fully saturated rings. The SMILES string of the molecule is CCCCCCOCC1(COCCCCCC)CC2=C(c3ccc(C4=C5CCCC5=C(c5ccc(C6=C7CCCC7=C(c7ccccc7)C6)cc5)C4)cc3)CC(c3ccc(C4=C5CCCC5=C(c5ccc(C6=C7CCCC7=C(c7ccccc7)C6)cc5)C4)cc3)=C2C1. The van der Waals surface area contributed by atoms with E-state index >= 15 is 0 Å². The Labute approximate surface area is 550 Å². The van der Waals surface area contributed by atoms with Gasteiger partial charge >= 0.3 is 0 Å². The number of hydrogen-bond acceptors (Lipinski definition) is 2. The second-order valence-electron chi connectivity index (χ2n) is 29.0. The zero-order valence-corrected chi connectivity index (χ0v) is 55.2. The van der Waals surface area contributed by atoms with Crippen molar-refractivity contribution in [3.8, 4) is 0 Å². The molecule has 2 heteroatoms. The van der Waals surface area contributed by atoms with Crippen molar-refractivity contribution in [2.24, 2.45) is 5.41 Å². The summed E-state index contributed by atoms with van der Waals surface area (Å²) in [5.41, 5.74) is 45.7. The van der Waals surface area contributed by atoms with Gasteiger partial charge in [0.2, 0.25) is 0 Å². The third-order valence-corrected chi connectivity index (χ3v) is 23.4. The van der Waals surface area contributed by atoms with E-state index < -0.39 is 0 Å². The van der Waals surface area contributed by atoms with E-state index in [1.165, 1.54) is 182 Å². The van der Waals surface area contributed by atoms with Crippen LogP contribution < -0.4 is 0 Å². The van der Waals surface area contributed by atoms with Crippen LogP contribution in [0.25, 0.3) is 55.7 Å². The average molecular weight is 1210 g/mol. The molecule has 0 atom stereocenters. The lowest BCUT2D eigenvalue weighted by Gasteiger charge is -2.29. The first-order valence-electron chi connectivity index (χ1n) is 36.4. The molecule has 0 saturated heterocycles. The summed E-state index contributed by atoms with van der Waals surface area (Å²) in [5.74, 6) is 0. The number of fused-ring (bicyclic) bond motifs is 5. The molecule has 5 saturated carbocycles. The molecule has 0 unspecified atom stereocenters. The van der Waals surface area contributed by atoms with Crippen LogP contribution in [0.15, 0.2) is 213 Å². The predicted octanol–water partition coefficient (Wildman–Crippen LogP) is 24.5. The van der Waals surface area contributed by atoms with Crippen molar-refractivity contribution < 1.29 is 9.47 Å². The van der Waals surface area contributed by atoms with E-state index in [2.05, 4.69) is 172 Å².